The molecule has 2 heterocycles. The second-order valence-corrected chi connectivity index (χ2v) is 9.71. The molecule has 3 aromatic carbocycles. The van der Waals surface area contributed by atoms with E-state index in [1.807, 2.05) is 25.1 Å². The molecule has 1 saturated heterocycles. The zero-order valence-corrected chi connectivity index (χ0v) is 21.2. The van der Waals surface area contributed by atoms with Crippen LogP contribution in [0.25, 0.3) is 6.08 Å². The van der Waals surface area contributed by atoms with Gasteiger partial charge >= 0.3 is 0 Å². The normalized spacial score (nSPS) is 15.4. The van der Waals surface area contributed by atoms with E-state index in [2.05, 4.69) is 5.32 Å². The van der Waals surface area contributed by atoms with Gasteiger partial charge in [-0.15, -0.1) is 0 Å². The highest BCUT2D eigenvalue weighted by Gasteiger charge is 2.36. The lowest BCUT2D eigenvalue weighted by molar-refractivity contribution is -0.123. The van der Waals surface area contributed by atoms with Crippen molar-refractivity contribution in [1.29, 1.82) is 0 Å². The van der Waals surface area contributed by atoms with Crippen molar-refractivity contribution in [3.05, 3.63) is 87.3 Å². The Kier molecular flexibility index (Phi) is 7.07. The van der Waals surface area contributed by atoms with Crippen molar-refractivity contribution in [3.63, 3.8) is 0 Å². The highest BCUT2D eigenvalue weighted by atomic mass is 35.5. The Labute approximate surface area is 222 Å². The summed E-state index contributed by atoms with van der Waals surface area (Å²) in [6, 6.07) is 17.7. The molecular weight excluding hydrogens is 516 g/mol. The van der Waals surface area contributed by atoms with Crippen LogP contribution in [-0.4, -0.2) is 35.4 Å². The molecule has 0 aliphatic carbocycles. The quantitative estimate of drug-likeness (QED) is 0.391. The van der Waals surface area contributed by atoms with Gasteiger partial charge in [-0.2, -0.15) is 0 Å². The van der Waals surface area contributed by atoms with Crippen LogP contribution in [0.15, 0.2) is 65.6 Å². The number of benzene rings is 3. The molecule has 0 saturated carbocycles. The molecule has 0 aromatic heterocycles. The molecule has 8 nitrogen and oxygen atoms in total. The second-order valence-electron chi connectivity index (χ2n) is 8.31. The average Bonchev–Trinajstić information content (AvgIpc) is 3.42. The van der Waals surface area contributed by atoms with Crippen molar-refractivity contribution in [1.82, 2.24) is 4.90 Å². The molecular formula is C27H21ClN2O6S. The predicted octanol–water partition coefficient (Wildman–Crippen LogP) is 5.63. The van der Waals surface area contributed by atoms with Crippen LogP contribution < -0.4 is 19.5 Å². The van der Waals surface area contributed by atoms with Gasteiger partial charge in [0.2, 0.25) is 6.79 Å². The van der Waals surface area contributed by atoms with E-state index in [4.69, 9.17) is 25.8 Å². The lowest BCUT2D eigenvalue weighted by Crippen LogP contribution is -2.27. The number of amides is 3. The third-order valence-electron chi connectivity index (χ3n) is 5.61. The second kappa shape index (κ2) is 10.6. The Balaban J connectivity index is 1.28. The van der Waals surface area contributed by atoms with Crippen molar-refractivity contribution >= 4 is 52.2 Å². The Morgan fingerprint density at radius 1 is 1.11 bits per heavy atom. The number of halogens is 1. The maximum atomic E-state index is 13.1. The monoisotopic (exact) mass is 536 g/mol. The fourth-order valence-corrected chi connectivity index (χ4v) is 4.87. The average molecular weight is 537 g/mol. The third kappa shape index (κ3) is 5.58. The van der Waals surface area contributed by atoms with Crippen molar-refractivity contribution in [2.24, 2.45) is 0 Å². The number of hydrogen-bond acceptors (Lipinski definition) is 7. The minimum absolute atomic E-state index is 0.00520. The summed E-state index contributed by atoms with van der Waals surface area (Å²) in [6.07, 6.45) is 1.58. The number of fused-ring (bicyclic) bond motifs is 1. The summed E-state index contributed by atoms with van der Waals surface area (Å²) in [6.45, 7) is 1.81. The first-order chi connectivity index (χ1) is 17.9. The first-order valence-electron chi connectivity index (χ1n) is 11.3. The van der Waals surface area contributed by atoms with Gasteiger partial charge in [-0.1, -0.05) is 41.9 Å². The molecule has 3 amide bonds. The minimum atomic E-state index is -0.448. The number of thioether (sulfide) groups is 1. The number of nitrogens with one attached hydrogen (secondary N) is 1. The van der Waals surface area contributed by atoms with E-state index in [1.165, 1.54) is 0 Å². The number of aryl methyl sites for hydroxylation is 1. The number of ether oxygens (including phenoxy) is 3. The van der Waals surface area contributed by atoms with Crippen LogP contribution in [0.3, 0.4) is 0 Å². The Bertz CT molecular complexity index is 1440. The first kappa shape index (κ1) is 24.7. The SMILES string of the molecule is Cc1cccc(NC(=O)COc2ccccc2/C=C2\SC(=O)N(Cc3cc4c(cc3Cl)OCO4)C2=O)c1. The largest absolute Gasteiger partial charge is 0.483 e. The number of hydrogen-bond donors (Lipinski definition) is 1. The minimum Gasteiger partial charge on any atom is -0.483 e. The molecule has 0 radical (unpaired) electrons. The number of anilines is 1. The Morgan fingerprint density at radius 3 is 2.70 bits per heavy atom. The van der Waals surface area contributed by atoms with Crippen LogP contribution in [0.1, 0.15) is 16.7 Å². The summed E-state index contributed by atoms with van der Waals surface area (Å²) in [5.74, 6) is 0.677. The Morgan fingerprint density at radius 2 is 1.89 bits per heavy atom. The van der Waals surface area contributed by atoms with E-state index in [0.29, 0.717) is 39.1 Å². The third-order valence-corrected chi connectivity index (χ3v) is 6.87. The van der Waals surface area contributed by atoms with Gasteiger partial charge in [0.25, 0.3) is 17.1 Å². The summed E-state index contributed by atoms with van der Waals surface area (Å²) >= 11 is 7.16. The molecule has 0 spiro atoms. The molecule has 2 aliphatic heterocycles. The van der Waals surface area contributed by atoms with Crippen LogP contribution in [0.4, 0.5) is 10.5 Å². The lowest BCUT2D eigenvalue weighted by atomic mass is 10.1. The number of carbonyl (C=O) groups is 3. The van der Waals surface area contributed by atoms with Gasteiger partial charge in [-0.25, -0.2) is 0 Å². The van der Waals surface area contributed by atoms with Crippen molar-refractivity contribution in [3.8, 4) is 17.2 Å². The van der Waals surface area contributed by atoms with Gasteiger partial charge in [-0.3, -0.25) is 19.3 Å². The highest BCUT2D eigenvalue weighted by molar-refractivity contribution is 8.18. The molecule has 37 heavy (non-hydrogen) atoms. The van der Waals surface area contributed by atoms with Crippen LogP contribution in [0.2, 0.25) is 5.02 Å². The van der Waals surface area contributed by atoms with E-state index >= 15 is 0 Å². The number of nitrogens with zero attached hydrogens (tertiary/aromatic N) is 1. The van der Waals surface area contributed by atoms with Gasteiger partial charge in [0.15, 0.2) is 18.1 Å². The van der Waals surface area contributed by atoms with Crippen LogP contribution in [0, 0.1) is 6.92 Å². The van der Waals surface area contributed by atoms with Crippen LogP contribution >= 0.6 is 23.4 Å². The Hall–Kier alpha value is -3.95. The fraction of sp³-hybridized carbons (Fsp3) is 0.148. The molecule has 2 aliphatic rings. The summed E-state index contributed by atoms with van der Waals surface area (Å²) in [7, 11) is 0. The molecule has 3 aromatic rings. The van der Waals surface area contributed by atoms with E-state index < -0.39 is 11.1 Å². The molecule has 1 N–H and O–H groups in total. The zero-order chi connectivity index (χ0) is 25.9. The summed E-state index contributed by atoms with van der Waals surface area (Å²) in [5.41, 5.74) is 2.84. The van der Waals surface area contributed by atoms with Gasteiger partial charge in [0, 0.05) is 22.3 Å². The number of carbonyl (C=O) groups excluding carboxylic acids is 3. The maximum absolute atomic E-state index is 13.1. The predicted molar refractivity (Wildman–Crippen MR) is 141 cm³/mol. The van der Waals surface area contributed by atoms with E-state index in [0.717, 1.165) is 22.2 Å². The molecule has 188 valence electrons. The molecule has 0 unspecified atom stereocenters. The number of para-hydroxylation sites is 1. The van der Waals surface area contributed by atoms with Crippen molar-refractivity contribution in [2.75, 3.05) is 18.7 Å². The smallest absolute Gasteiger partial charge is 0.293 e. The van der Waals surface area contributed by atoms with Gasteiger partial charge in [0.05, 0.1) is 11.4 Å². The maximum Gasteiger partial charge on any atom is 0.293 e. The molecule has 1 fully saturated rings. The number of rotatable bonds is 7. The van der Waals surface area contributed by atoms with E-state index in [-0.39, 0.29) is 30.8 Å². The molecule has 5 rings (SSSR count). The van der Waals surface area contributed by atoms with Crippen molar-refractivity contribution in [2.45, 2.75) is 13.5 Å². The van der Waals surface area contributed by atoms with Crippen LogP contribution in [-0.2, 0) is 16.1 Å². The summed E-state index contributed by atoms with van der Waals surface area (Å²) < 4.78 is 16.4. The molecule has 0 bridgehead atoms. The fourth-order valence-electron chi connectivity index (χ4n) is 3.82. The van der Waals surface area contributed by atoms with Crippen molar-refractivity contribution < 1.29 is 28.6 Å². The molecule has 0 atom stereocenters. The summed E-state index contributed by atoms with van der Waals surface area (Å²) in [5, 5.41) is 2.75. The number of imide groups is 1. The van der Waals surface area contributed by atoms with E-state index in [1.54, 1.807) is 48.5 Å². The lowest BCUT2D eigenvalue weighted by Gasteiger charge is -2.14. The van der Waals surface area contributed by atoms with Crippen LogP contribution in [0.5, 0.6) is 17.2 Å². The van der Waals surface area contributed by atoms with Gasteiger partial charge in [0.1, 0.15) is 5.75 Å². The van der Waals surface area contributed by atoms with Gasteiger partial charge in [-0.05, 0) is 60.2 Å². The highest BCUT2D eigenvalue weighted by Crippen LogP contribution is 2.39. The standard InChI is InChI=1S/C27H21ClN2O6S/c1-16-5-4-7-19(9-16)29-25(31)14-34-21-8-3-2-6-17(21)11-24-26(32)30(27(33)37-24)13-18-10-22-23(12-20(18)28)36-15-35-22/h2-12H,13-15H2,1H3,(H,29,31)/b24-11-. The van der Waals surface area contributed by atoms with E-state index in [9.17, 15) is 14.4 Å². The molecule has 10 heteroatoms. The summed E-state index contributed by atoms with van der Waals surface area (Å²) in [4.78, 5) is 39.5. The zero-order valence-electron chi connectivity index (χ0n) is 19.7. The van der Waals surface area contributed by atoms with Gasteiger partial charge < -0.3 is 19.5 Å². The topological polar surface area (TPSA) is 94.2 Å². The first-order valence-corrected chi connectivity index (χ1v) is 12.5.